The number of aromatic nitrogens is 2. The van der Waals surface area contributed by atoms with Gasteiger partial charge in [-0.05, 0) is 36.4 Å². The van der Waals surface area contributed by atoms with Gasteiger partial charge in [0.05, 0.1) is 6.26 Å². The molecule has 2 aromatic carbocycles. The molecule has 160 valence electrons. The predicted octanol–water partition coefficient (Wildman–Crippen LogP) is 3.98. The highest BCUT2D eigenvalue weighted by Crippen LogP contribution is 2.39. The van der Waals surface area contributed by atoms with Crippen molar-refractivity contribution in [2.24, 2.45) is 7.05 Å². The van der Waals surface area contributed by atoms with E-state index in [2.05, 4.69) is 9.71 Å². The Hall–Kier alpha value is -3.66. The first-order chi connectivity index (χ1) is 14.6. The lowest BCUT2D eigenvalue weighted by Gasteiger charge is -2.15. The number of nitrogens with one attached hydrogen (secondary N) is 2. The van der Waals surface area contributed by atoms with E-state index in [0.29, 0.717) is 28.1 Å². The zero-order chi connectivity index (χ0) is 22.3. The second-order valence-corrected chi connectivity index (χ2v) is 8.74. The summed E-state index contributed by atoms with van der Waals surface area (Å²) < 4.78 is 60.3. The van der Waals surface area contributed by atoms with Crippen LogP contribution in [0.1, 0.15) is 0 Å². The van der Waals surface area contributed by atoms with Crippen molar-refractivity contribution >= 4 is 26.6 Å². The summed E-state index contributed by atoms with van der Waals surface area (Å²) in [6.07, 6.45) is 4.20. The van der Waals surface area contributed by atoms with Crippen LogP contribution in [0.5, 0.6) is 11.5 Å². The third kappa shape index (κ3) is 4.15. The van der Waals surface area contributed by atoms with Crippen molar-refractivity contribution in [2.45, 2.75) is 0 Å². The SMILES string of the molecule is Cn1cc(-c2cc(NS(C)(=O)=O)ccc2Oc2ccc(F)cc2F)c2cc[nH]c2c1=O. The Morgan fingerprint density at radius 3 is 2.48 bits per heavy atom. The third-order valence-electron chi connectivity index (χ3n) is 4.58. The van der Waals surface area contributed by atoms with Crippen LogP contribution in [0.15, 0.2) is 59.7 Å². The van der Waals surface area contributed by atoms with E-state index in [1.54, 1.807) is 25.5 Å². The molecule has 0 radical (unpaired) electrons. The summed E-state index contributed by atoms with van der Waals surface area (Å²) >= 11 is 0. The van der Waals surface area contributed by atoms with Crippen molar-refractivity contribution in [1.29, 1.82) is 0 Å². The molecule has 2 N–H and O–H groups in total. The van der Waals surface area contributed by atoms with Gasteiger partial charge in [-0.25, -0.2) is 17.2 Å². The number of hydrogen-bond donors (Lipinski definition) is 2. The van der Waals surface area contributed by atoms with E-state index >= 15 is 0 Å². The quantitative estimate of drug-likeness (QED) is 0.486. The van der Waals surface area contributed by atoms with Crippen LogP contribution in [0.2, 0.25) is 0 Å². The van der Waals surface area contributed by atoms with Gasteiger partial charge in [-0.1, -0.05) is 0 Å². The Bertz CT molecular complexity index is 1480. The molecular formula is C21H17F2N3O4S. The van der Waals surface area contributed by atoms with Crippen LogP contribution in [0.25, 0.3) is 22.0 Å². The average molecular weight is 445 g/mol. The summed E-state index contributed by atoms with van der Waals surface area (Å²) in [4.78, 5) is 15.3. The van der Waals surface area contributed by atoms with Crippen LogP contribution >= 0.6 is 0 Å². The molecular weight excluding hydrogens is 428 g/mol. The number of sulfonamides is 1. The first-order valence-corrected chi connectivity index (χ1v) is 10.9. The number of hydrogen-bond acceptors (Lipinski definition) is 4. The van der Waals surface area contributed by atoms with Gasteiger partial charge in [0, 0.05) is 47.7 Å². The minimum Gasteiger partial charge on any atom is -0.454 e. The van der Waals surface area contributed by atoms with E-state index in [-0.39, 0.29) is 22.7 Å². The molecule has 0 spiro atoms. The first-order valence-electron chi connectivity index (χ1n) is 9.04. The zero-order valence-electron chi connectivity index (χ0n) is 16.4. The van der Waals surface area contributed by atoms with E-state index in [4.69, 9.17) is 4.74 Å². The molecule has 2 heterocycles. The topological polar surface area (TPSA) is 93.2 Å². The molecule has 4 rings (SSSR count). The molecule has 0 aliphatic heterocycles. The second-order valence-electron chi connectivity index (χ2n) is 6.99. The molecule has 10 heteroatoms. The summed E-state index contributed by atoms with van der Waals surface area (Å²) in [5, 5.41) is 0.573. The van der Waals surface area contributed by atoms with Gasteiger partial charge in [-0.3, -0.25) is 9.52 Å². The fourth-order valence-electron chi connectivity index (χ4n) is 3.27. The van der Waals surface area contributed by atoms with E-state index in [9.17, 15) is 22.0 Å². The Morgan fingerprint density at radius 2 is 1.77 bits per heavy atom. The number of nitrogens with zero attached hydrogens (tertiary/aromatic N) is 1. The van der Waals surface area contributed by atoms with Crippen LogP contribution in [0.3, 0.4) is 0 Å². The lowest BCUT2D eigenvalue weighted by atomic mass is 10.0. The van der Waals surface area contributed by atoms with Gasteiger partial charge in [0.1, 0.15) is 17.1 Å². The Morgan fingerprint density at radius 1 is 1.03 bits per heavy atom. The van der Waals surface area contributed by atoms with Crippen molar-refractivity contribution in [2.75, 3.05) is 11.0 Å². The number of pyridine rings is 1. The van der Waals surface area contributed by atoms with Crippen LogP contribution < -0.4 is 15.0 Å². The summed E-state index contributed by atoms with van der Waals surface area (Å²) in [5.74, 6) is -1.66. The second kappa shape index (κ2) is 7.55. The standard InChI is InChI=1S/C21H17F2N3O4S/c1-26-11-16(14-7-8-24-20(14)21(26)27)15-10-13(25-31(2,28)29)4-6-18(15)30-19-5-3-12(22)9-17(19)23/h3-11,24-25H,1-2H3. The highest BCUT2D eigenvalue weighted by atomic mass is 32.2. The largest absolute Gasteiger partial charge is 0.454 e. The lowest BCUT2D eigenvalue weighted by Crippen LogP contribution is -2.16. The molecule has 0 aliphatic rings. The average Bonchev–Trinajstić information content (AvgIpc) is 3.17. The summed E-state index contributed by atoms with van der Waals surface area (Å²) in [6.45, 7) is 0. The van der Waals surface area contributed by atoms with Gasteiger partial charge in [-0.2, -0.15) is 0 Å². The number of rotatable bonds is 5. The van der Waals surface area contributed by atoms with Crippen molar-refractivity contribution in [3.05, 3.63) is 76.8 Å². The van der Waals surface area contributed by atoms with E-state index in [1.807, 2.05) is 0 Å². The van der Waals surface area contributed by atoms with Crippen LogP contribution in [-0.4, -0.2) is 24.2 Å². The minimum atomic E-state index is -3.56. The number of benzene rings is 2. The van der Waals surface area contributed by atoms with Gasteiger partial charge in [-0.15, -0.1) is 0 Å². The van der Waals surface area contributed by atoms with Gasteiger partial charge in [0.2, 0.25) is 10.0 Å². The summed E-state index contributed by atoms with van der Waals surface area (Å²) in [5.41, 5.74) is 1.30. The fourth-order valence-corrected chi connectivity index (χ4v) is 3.82. The number of aromatic amines is 1. The normalized spacial score (nSPS) is 11.6. The molecule has 7 nitrogen and oxygen atoms in total. The number of ether oxygens (including phenoxy) is 1. The maximum Gasteiger partial charge on any atom is 0.274 e. The molecule has 2 aromatic heterocycles. The van der Waals surface area contributed by atoms with Crippen molar-refractivity contribution < 1.29 is 21.9 Å². The number of halogens is 2. The maximum atomic E-state index is 14.2. The summed E-state index contributed by atoms with van der Waals surface area (Å²) in [7, 11) is -1.99. The van der Waals surface area contributed by atoms with Gasteiger partial charge in [0.15, 0.2) is 11.6 Å². The summed E-state index contributed by atoms with van der Waals surface area (Å²) in [6, 6.07) is 9.06. The zero-order valence-corrected chi connectivity index (χ0v) is 17.3. The number of H-pyrrole nitrogens is 1. The van der Waals surface area contributed by atoms with Crippen LogP contribution in [0, 0.1) is 11.6 Å². The van der Waals surface area contributed by atoms with Gasteiger partial charge >= 0.3 is 0 Å². The Labute approximate surface area is 176 Å². The van der Waals surface area contributed by atoms with Gasteiger partial charge < -0.3 is 14.3 Å². The molecule has 0 saturated heterocycles. The molecule has 0 unspecified atom stereocenters. The van der Waals surface area contributed by atoms with Crippen LogP contribution in [0.4, 0.5) is 14.5 Å². The smallest absolute Gasteiger partial charge is 0.274 e. The Balaban J connectivity index is 1.94. The molecule has 4 aromatic rings. The maximum absolute atomic E-state index is 14.2. The molecule has 0 amide bonds. The number of anilines is 1. The van der Waals surface area contributed by atoms with Crippen molar-refractivity contribution in [3.63, 3.8) is 0 Å². The molecule has 0 bridgehead atoms. The predicted molar refractivity (Wildman–Crippen MR) is 114 cm³/mol. The van der Waals surface area contributed by atoms with Crippen LogP contribution in [-0.2, 0) is 17.1 Å². The number of fused-ring (bicyclic) bond motifs is 1. The van der Waals surface area contributed by atoms with Crippen molar-refractivity contribution in [3.8, 4) is 22.6 Å². The Kier molecular flexibility index (Phi) is 5.02. The van der Waals surface area contributed by atoms with E-state index in [0.717, 1.165) is 18.4 Å². The molecule has 0 fully saturated rings. The minimum absolute atomic E-state index is 0.186. The fraction of sp³-hybridized carbons (Fsp3) is 0.0952. The lowest BCUT2D eigenvalue weighted by molar-refractivity contribution is 0.439. The third-order valence-corrected chi connectivity index (χ3v) is 5.19. The molecule has 0 aliphatic carbocycles. The van der Waals surface area contributed by atoms with E-state index in [1.165, 1.54) is 22.8 Å². The first kappa shape index (κ1) is 20.6. The highest BCUT2D eigenvalue weighted by Gasteiger charge is 2.17. The molecule has 31 heavy (non-hydrogen) atoms. The van der Waals surface area contributed by atoms with Gasteiger partial charge in [0.25, 0.3) is 5.56 Å². The molecule has 0 atom stereocenters. The molecule has 0 saturated carbocycles. The monoisotopic (exact) mass is 445 g/mol. The van der Waals surface area contributed by atoms with Crippen molar-refractivity contribution in [1.82, 2.24) is 9.55 Å². The van der Waals surface area contributed by atoms with E-state index < -0.39 is 21.7 Å². The highest BCUT2D eigenvalue weighted by molar-refractivity contribution is 7.92. The number of aryl methyl sites for hydroxylation is 1.